The number of aromatic nitrogens is 2. The van der Waals surface area contributed by atoms with E-state index in [0.717, 1.165) is 28.5 Å². The lowest BCUT2D eigenvalue weighted by Crippen LogP contribution is -2.26. The Morgan fingerprint density at radius 2 is 1.58 bits per heavy atom. The summed E-state index contributed by atoms with van der Waals surface area (Å²) in [6.45, 7) is 6.20. The predicted molar refractivity (Wildman–Crippen MR) is 131 cm³/mol. The van der Waals surface area contributed by atoms with Gasteiger partial charge in [-0.05, 0) is 30.0 Å². The van der Waals surface area contributed by atoms with Gasteiger partial charge in [0.15, 0.2) is 5.16 Å². The van der Waals surface area contributed by atoms with Crippen molar-refractivity contribution in [2.75, 3.05) is 5.75 Å². The van der Waals surface area contributed by atoms with Crippen LogP contribution in [0.3, 0.4) is 0 Å². The largest absolute Gasteiger partial charge is 0.425 e. The molecule has 0 amide bonds. The van der Waals surface area contributed by atoms with Gasteiger partial charge in [0.25, 0.3) is 0 Å². The zero-order valence-electron chi connectivity index (χ0n) is 19.0. The second kappa shape index (κ2) is 14.5. The van der Waals surface area contributed by atoms with Crippen molar-refractivity contribution in [1.82, 2.24) is 9.97 Å². The molecule has 0 radical (unpaired) electrons. The van der Waals surface area contributed by atoms with Crippen LogP contribution < -0.4 is 4.74 Å². The van der Waals surface area contributed by atoms with Gasteiger partial charge in [0.05, 0.1) is 0 Å². The minimum absolute atomic E-state index is 0.0766. The summed E-state index contributed by atoms with van der Waals surface area (Å²) in [7, 11) is 0. The first kappa shape index (κ1) is 25.7. The van der Waals surface area contributed by atoms with Crippen LogP contribution in [0.2, 0.25) is 0 Å². The maximum atomic E-state index is 12.1. The molecule has 2 atom stereocenters. The number of hydrogen-bond acceptors (Lipinski definition) is 5. The molecule has 31 heavy (non-hydrogen) atoms. The zero-order valence-corrected chi connectivity index (χ0v) is 20.6. The average molecular weight is 463 g/mol. The molecule has 0 saturated heterocycles. The van der Waals surface area contributed by atoms with Crippen LogP contribution in [0.15, 0.2) is 41.8 Å². The number of nitrogens with zero attached hydrogens (tertiary/aromatic N) is 2. The SMILES string of the molecule is CCCCCCCCCSc1ncc(-c2ccc(OC(=O)C(Cl)C(C)CC)cc2)cn1. The Morgan fingerprint density at radius 3 is 2.19 bits per heavy atom. The van der Waals surface area contributed by atoms with E-state index >= 15 is 0 Å². The average Bonchev–Trinajstić information content (AvgIpc) is 2.80. The number of hydrogen-bond donors (Lipinski definition) is 0. The van der Waals surface area contributed by atoms with Crippen LogP contribution in [0.25, 0.3) is 11.1 Å². The van der Waals surface area contributed by atoms with Gasteiger partial charge in [0, 0.05) is 23.7 Å². The zero-order chi connectivity index (χ0) is 22.5. The number of carbonyl (C=O) groups is 1. The highest BCUT2D eigenvalue weighted by Crippen LogP contribution is 2.24. The third kappa shape index (κ3) is 9.20. The van der Waals surface area contributed by atoms with Gasteiger partial charge < -0.3 is 4.74 Å². The summed E-state index contributed by atoms with van der Waals surface area (Å²) in [4.78, 5) is 21.1. The van der Waals surface area contributed by atoms with Crippen molar-refractivity contribution in [3.05, 3.63) is 36.7 Å². The molecule has 0 aliphatic carbocycles. The van der Waals surface area contributed by atoms with E-state index in [2.05, 4.69) is 16.9 Å². The highest BCUT2D eigenvalue weighted by Gasteiger charge is 2.23. The summed E-state index contributed by atoms with van der Waals surface area (Å²) in [5.74, 6) is 1.22. The molecule has 0 saturated carbocycles. The summed E-state index contributed by atoms with van der Waals surface area (Å²) in [6.07, 6.45) is 13.7. The Balaban J connectivity index is 1.77. The van der Waals surface area contributed by atoms with E-state index in [0.29, 0.717) is 5.75 Å². The van der Waals surface area contributed by atoms with Gasteiger partial charge in [-0.1, -0.05) is 89.6 Å². The lowest BCUT2D eigenvalue weighted by Gasteiger charge is -2.15. The number of rotatable bonds is 14. The highest BCUT2D eigenvalue weighted by atomic mass is 35.5. The molecular weight excluding hydrogens is 428 g/mol. The Labute approximate surface area is 196 Å². The monoisotopic (exact) mass is 462 g/mol. The Hall–Kier alpha value is -1.59. The van der Waals surface area contributed by atoms with E-state index in [1.54, 1.807) is 23.9 Å². The molecule has 170 valence electrons. The van der Waals surface area contributed by atoms with Crippen molar-refractivity contribution < 1.29 is 9.53 Å². The number of halogens is 1. The Morgan fingerprint density at radius 1 is 0.968 bits per heavy atom. The standard InChI is InChI=1S/C25H35ClN2O2S/c1-4-6-7-8-9-10-11-16-31-25-27-17-21(18-28-25)20-12-14-22(15-13-20)30-24(29)23(26)19(3)5-2/h12-15,17-19,23H,4-11,16H2,1-3H3. The molecule has 0 aliphatic rings. The van der Waals surface area contributed by atoms with Gasteiger partial charge in [-0.15, -0.1) is 11.6 Å². The summed E-state index contributed by atoms with van der Waals surface area (Å²) in [5, 5.41) is 0.183. The van der Waals surface area contributed by atoms with Crippen molar-refractivity contribution in [3.63, 3.8) is 0 Å². The van der Waals surface area contributed by atoms with E-state index in [9.17, 15) is 4.79 Å². The molecule has 0 bridgehead atoms. The fourth-order valence-electron chi connectivity index (χ4n) is 3.09. The van der Waals surface area contributed by atoms with E-state index in [-0.39, 0.29) is 5.92 Å². The molecule has 0 fully saturated rings. The molecule has 0 N–H and O–H groups in total. The smallest absolute Gasteiger partial charge is 0.329 e. The van der Waals surface area contributed by atoms with E-state index in [1.807, 2.05) is 38.4 Å². The van der Waals surface area contributed by atoms with E-state index in [1.165, 1.54) is 44.9 Å². The lowest BCUT2D eigenvalue weighted by atomic mass is 10.1. The van der Waals surface area contributed by atoms with Crippen LogP contribution in [0, 0.1) is 5.92 Å². The second-order valence-electron chi connectivity index (χ2n) is 7.96. The number of alkyl halides is 1. The van der Waals surface area contributed by atoms with Crippen LogP contribution in [0.4, 0.5) is 0 Å². The fourth-order valence-corrected chi connectivity index (χ4v) is 4.10. The predicted octanol–water partition coefficient (Wildman–Crippen LogP) is 7.55. The Kier molecular flexibility index (Phi) is 12.0. The first-order chi connectivity index (χ1) is 15.0. The topological polar surface area (TPSA) is 52.1 Å². The van der Waals surface area contributed by atoms with Crippen molar-refractivity contribution >= 4 is 29.3 Å². The van der Waals surface area contributed by atoms with Gasteiger partial charge in [0.2, 0.25) is 0 Å². The molecule has 1 aromatic carbocycles. The molecule has 4 nitrogen and oxygen atoms in total. The summed E-state index contributed by atoms with van der Waals surface area (Å²) >= 11 is 7.88. The maximum absolute atomic E-state index is 12.1. The normalized spacial score (nSPS) is 13.0. The molecule has 6 heteroatoms. The first-order valence-corrected chi connectivity index (χ1v) is 12.9. The molecule has 2 rings (SSSR count). The van der Waals surface area contributed by atoms with E-state index < -0.39 is 11.3 Å². The number of ether oxygens (including phenoxy) is 1. The lowest BCUT2D eigenvalue weighted by molar-refractivity contribution is -0.134. The molecule has 0 spiro atoms. The second-order valence-corrected chi connectivity index (χ2v) is 9.49. The van der Waals surface area contributed by atoms with Crippen LogP contribution in [-0.2, 0) is 4.79 Å². The maximum Gasteiger partial charge on any atom is 0.329 e. The van der Waals surface area contributed by atoms with Crippen LogP contribution in [0.1, 0.15) is 72.1 Å². The minimum atomic E-state index is -0.635. The molecule has 1 heterocycles. The number of unbranched alkanes of at least 4 members (excludes halogenated alkanes) is 6. The molecule has 1 aromatic heterocycles. The molecule has 0 aliphatic heterocycles. The van der Waals surface area contributed by atoms with Crippen molar-refractivity contribution in [2.24, 2.45) is 5.92 Å². The van der Waals surface area contributed by atoms with Gasteiger partial charge in [-0.2, -0.15) is 0 Å². The van der Waals surface area contributed by atoms with Crippen molar-refractivity contribution in [3.8, 4) is 16.9 Å². The third-order valence-corrected chi connectivity index (χ3v) is 6.95. The van der Waals surface area contributed by atoms with Crippen LogP contribution in [0.5, 0.6) is 5.75 Å². The van der Waals surface area contributed by atoms with Gasteiger partial charge in [0.1, 0.15) is 11.1 Å². The van der Waals surface area contributed by atoms with Crippen LogP contribution >= 0.6 is 23.4 Å². The summed E-state index contributed by atoms with van der Waals surface area (Å²) in [6, 6.07) is 7.35. The van der Waals surface area contributed by atoms with Gasteiger partial charge in [-0.25, -0.2) is 9.97 Å². The first-order valence-electron chi connectivity index (χ1n) is 11.5. The minimum Gasteiger partial charge on any atom is -0.425 e. The molecular formula is C25H35ClN2O2S. The Bertz CT molecular complexity index is 768. The van der Waals surface area contributed by atoms with E-state index in [4.69, 9.17) is 16.3 Å². The number of benzene rings is 1. The molecule has 2 aromatic rings. The quantitative estimate of drug-likeness (QED) is 0.0724. The highest BCUT2D eigenvalue weighted by molar-refractivity contribution is 7.99. The van der Waals surface area contributed by atoms with Crippen LogP contribution in [-0.4, -0.2) is 27.1 Å². The van der Waals surface area contributed by atoms with Gasteiger partial charge in [-0.3, -0.25) is 4.79 Å². The summed E-state index contributed by atoms with van der Waals surface area (Å²) < 4.78 is 5.40. The third-order valence-electron chi connectivity index (χ3n) is 5.38. The fraction of sp³-hybridized carbons (Fsp3) is 0.560. The van der Waals surface area contributed by atoms with Gasteiger partial charge >= 0.3 is 5.97 Å². The van der Waals surface area contributed by atoms with Crippen molar-refractivity contribution in [1.29, 1.82) is 0 Å². The number of carbonyl (C=O) groups excluding carboxylic acids is 1. The van der Waals surface area contributed by atoms with Crippen molar-refractivity contribution in [2.45, 2.75) is 82.7 Å². The summed E-state index contributed by atoms with van der Waals surface area (Å²) in [5.41, 5.74) is 1.92. The molecule has 2 unspecified atom stereocenters. The number of esters is 1. The number of thioether (sulfide) groups is 1.